The summed E-state index contributed by atoms with van der Waals surface area (Å²) in [5.74, 6) is 1.84. The van der Waals surface area contributed by atoms with Gasteiger partial charge in [0.15, 0.2) is 0 Å². The van der Waals surface area contributed by atoms with Crippen molar-refractivity contribution in [1.82, 2.24) is 0 Å². The Hall–Kier alpha value is -1.71. The summed E-state index contributed by atoms with van der Waals surface area (Å²) < 4.78 is 6.42. The van der Waals surface area contributed by atoms with Gasteiger partial charge in [0.1, 0.15) is 17.1 Å². The molecule has 1 heterocycles. The number of aliphatic carboxylic acids is 1. The van der Waals surface area contributed by atoms with Crippen LogP contribution in [0.4, 0.5) is 0 Å². The summed E-state index contributed by atoms with van der Waals surface area (Å²) >= 11 is 0. The molecule has 0 spiro atoms. The van der Waals surface area contributed by atoms with Crippen LogP contribution < -0.4 is 4.74 Å². The van der Waals surface area contributed by atoms with Gasteiger partial charge in [0.05, 0.1) is 5.92 Å². The van der Waals surface area contributed by atoms with Gasteiger partial charge in [-0.15, -0.1) is 0 Å². The summed E-state index contributed by atoms with van der Waals surface area (Å²) in [6.07, 6.45) is 12.2. The Morgan fingerprint density at radius 1 is 1.03 bits per heavy atom. The molecule has 0 aromatic heterocycles. The smallest absolute Gasteiger partial charge is 0.306 e. The molecule has 31 heavy (non-hydrogen) atoms. The minimum absolute atomic E-state index is 0.101. The van der Waals surface area contributed by atoms with Gasteiger partial charge in [-0.25, -0.2) is 0 Å². The maximum absolute atomic E-state index is 10.9. The van der Waals surface area contributed by atoms with E-state index in [9.17, 15) is 9.90 Å². The molecule has 0 bridgehead atoms. The highest BCUT2D eigenvalue weighted by Gasteiger charge is 2.32. The molecule has 4 nitrogen and oxygen atoms in total. The highest BCUT2D eigenvalue weighted by molar-refractivity contribution is 5.69. The highest BCUT2D eigenvalue weighted by Crippen LogP contribution is 2.40. The number of hydrogen-bond acceptors (Lipinski definition) is 3. The lowest BCUT2D eigenvalue weighted by Gasteiger charge is -2.37. The average molecular weight is 433 g/mol. The number of ether oxygens (including phenoxy) is 1. The first-order chi connectivity index (χ1) is 14.6. The van der Waals surface area contributed by atoms with E-state index in [0.717, 1.165) is 61.3 Å². The Kier molecular flexibility index (Phi) is 9.71. The van der Waals surface area contributed by atoms with Crippen LogP contribution in [-0.4, -0.2) is 21.8 Å². The van der Waals surface area contributed by atoms with Crippen LogP contribution in [0.3, 0.4) is 0 Å². The predicted molar refractivity (Wildman–Crippen MR) is 127 cm³/mol. The number of fused-ring (bicyclic) bond motifs is 1. The Morgan fingerprint density at radius 3 is 2.23 bits per heavy atom. The summed E-state index contributed by atoms with van der Waals surface area (Å²) in [5, 5.41) is 18.8. The third-order valence-corrected chi connectivity index (χ3v) is 7.16. The molecule has 0 saturated heterocycles. The first kappa shape index (κ1) is 25.5. The van der Waals surface area contributed by atoms with E-state index >= 15 is 0 Å². The first-order valence-corrected chi connectivity index (χ1v) is 12.3. The third-order valence-electron chi connectivity index (χ3n) is 7.16. The Balaban J connectivity index is 1.62. The zero-order chi connectivity index (χ0) is 23.0. The van der Waals surface area contributed by atoms with Crippen LogP contribution in [0, 0.1) is 24.7 Å². The van der Waals surface area contributed by atoms with Gasteiger partial charge in [0, 0.05) is 0 Å². The summed E-state index contributed by atoms with van der Waals surface area (Å²) in [5.41, 5.74) is 2.06. The molecule has 1 aliphatic rings. The number of benzene rings is 1. The van der Waals surface area contributed by atoms with Crippen LogP contribution >= 0.6 is 0 Å². The molecule has 0 fully saturated rings. The van der Waals surface area contributed by atoms with Gasteiger partial charge < -0.3 is 14.9 Å². The summed E-state index contributed by atoms with van der Waals surface area (Å²) in [6.45, 7) is 10.7. The van der Waals surface area contributed by atoms with Crippen molar-refractivity contribution in [2.75, 3.05) is 0 Å². The van der Waals surface area contributed by atoms with Crippen LogP contribution in [0.15, 0.2) is 12.1 Å². The van der Waals surface area contributed by atoms with E-state index in [1.165, 1.54) is 32.1 Å². The highest BCUT2D eigenvalue weighted by atomic mass is 16.5. The normalized spacial score (nSPS) is 21.1. The van der Waals surface area contributed by atoms with E-state index in [2.05, 4.69) is 20.8 Å². The molecule has 176 valence electrons. The molecule has 2 rings (SSSR count). The standard InChI is InChI=1S/C27H44O4/c1-19(11-7-13-21(3)26(29)30)9-6-10-20(2)12-8-15-27(5)16-14-23-18-24(28)17-22(4)25(23)31-27/h17-21,28H,6-16H2,1-5H3,(H,29,30)/t19-,20+,21?,27+/m0/s1. The Labute approximate surface area is 189 Å². The van der Waals surface area contributed by atoms with E-state index in [0.29, 0.717) is 11.7 Å². The second-order valence-corrected chi connectivity index (χ2v) is 10.5. The molecule has 4 heteroatoms. The van der Waals surface area contributed by atoms with E-state index in [1.807, 2.05) is 13.0 Å². The van der Waals surface area contributed by atoms with Gasteiger partial charge in [-0.05, 0) is 81.0 Å². The maximum atomic E-state index is 10.9. The minimum atomic E-state index is -0.674. The Bertz CT molecular complexity index is 713. The van der Waals surface area contributed by atoms with Crippen molar-refractivity contribution >= 4 is 5.97 Å². The zero-order valence-electron chi connectivity index (χ0n) is 20.4. The molecule has 1 unspecified atom stereocenters. The van der Waals surface area contributed by atoms with Gasteiger partial charge >= 0.3 is 5.97 Å². The third kappa shape index (κ3) is 8.38. The van der Waals surface area contributed by atoms with Gasteiger partial charge in [0.2, 0.25) is 0 Å². The van der Waals surface area contributed by atoms with Crippen molar-refractivity contribution in [1.29, 1.82) is 0 Å². The molecule has 0 amide bonds. The lowest BCUT2D eigenvalue weighted by atomic mass is 9.85. The Morgan fingerprint density at radius 2 is 1.61 bits per heavy atom. The predicted octanol–water partition coefficient (Wildman–Crippen LogP) is 7.29. The fourth-order valence-corrected chi connectivity index (χ4v) is 4.85. The largest absolute Gasteiger partial charge is 0.508 e. The number of phenolic OH excluding ortho intramolecular Hbond substituents is 1. The van der Waals surface area contributed by atoms with Gasteiger partial charge in [-0.2, -0.15) is 0 Å². The minimum Gasteiger partial charge on any atom is -0.508 e. The van der Waals surface area contributed by atoms with Crippen LogP contribution in [0.1, 0.15) is 103 Å². The molecule has 1 aliphatic heterocycles. The fourth-order valence-electron chi connectivity index (χ4n) is 4.85. The number of aryl methyl sites for hydroxylation is 2. The SMILES string of the molecule is Cc1cc(O)cc2c1O[C@](C)(CCC[C@H](C)CCC[C@H](C)CCCC(C)C(=O)O)CC2. The first-order valence-electron chi connectivity index (χ1n) is 12.3. The molecular formula is C27H44O4. The van der Waals surface area contributed by atoms with Crippen molar-refractivity contribution in [3.63, 3.8) is 0 Å². The fraction of sp³-hybridized carbons (Fsp3) is 0.741. The van der Waals surface area contributed by atoms with Crippen molar-refractivity contribution in [2.24, 2.45) is 17.8 Å². The molecule has 0 saturated carbocycles. The van der Waals surface area contributed by atoms with Crippen molar-refractivity contribution in [2.45, 2.75) is 111 Å². The number of phenols is 1. The lowest BCUT2D eigenvalue weighted by Crippen LogP contribution is -2.36. The number of hydrogen-bond donors (Lipinski definition) is 2. The molecule has 0 radical (unpaired) electrons. The van der Waals surface area contributed by atoms with Crippen LogP contribution in [0.2, 0.25) is 0 Å². The van der Waals surface area contributed by atoms with Crippen LogP contribution in [0.25, 0.3) is 0 Å². The lowest BCUT2D eigenvalue weighted by molar-refractivity contribution is -0.141. The summed E-state index contributed by atoms with van der Waals surface area (Å²) in [7, 11) is 0. The monoisotopic (exact) mass is 432 g/mol. The number of aromatic hydroxyl groups is 1. The number of carboxylic acids is 1. The topological polar surface area (TPSA) is 66.8 Å². The van der Waals surface area contributed by atoms with Crippen molar-refractivity contribution in [3.05, 3.63) is 23.3 Å². The van der Waals surface area contributed by atoms with E-state index in [-0.39, 0.29) is 11.5 Å². The molecular weight excluding hydrogens is 388 g/mol. The molecule has 1 aromatic carbocycles. The van der Waals surface area contributed by atoms with E-state index in [4.69, 9.17) is 9.84 Å². The average Bonchev–Trinajstić information content (AvgIpc) is 2.68. The second kappa shape index (κ2) is 11.8. The van der Waals surface area contributed by atoms with Crippen molar-refractivity contribution in [3.8, 4) is 11.5 Å². The van der Waals surface area contributed by atoms with Gasteiger partial charge in [0.25, 0.3) is 0 Å². The molecule has 1 aromatic rings. The van der Waals surface area contributed by atoms with Crippen LogP contribution in [0.5, 0.6) is 11.5 Å². The quantitative estimate of drug-likeness (QED) is 0.343. The van der Waals surface area contributed by atoms with E-state index < -0.39 is 5.97 Å². The van der Waals surface area contributed by atoms with Crippen molar-refractivity contribution < 1.29 is 19.7 Å². The number of rotatable bonds is 13. The summed E-state index contributed by atoms with van der Waals surface area (Å²) in [4.78, 5) is 10.9. The van der Waals surface area contributed by atoms with Gasteiger partial charge in [-0.1, -0.05) is 59.3 Å². The second-order valence-electron chi connectivity index (χ2n) is 10.5. The zero-order valence-corrected chi connectivity index (χ0v) is 20.4. The van der Waals surface area contributed by atoms with Crippen LogP contribution in [-0.2, 0) is 11.2 Å². The molecule has 0 aliphatic carbocycles. The molecule has 2 N–H and O–H groups in total. The number of carbonyl (C=O) groups is 1. The number of carboxylic acid groups (broad SMARTS) is 1. The van der Waals surface area contributed by atoms with E-state index in [1.54, 1.807) is 13.0 Å². The van der Waals surface area contributed by atoms with Gasteiger partial charge in [-0.3, -0.25) is 4.79 Å². The summed E-state index contributed by atoms with van der Waals surface area (Å²) in [6, 6.07) is 3.64. The maximum Gasteiger partial charge on any atom is 0.306 e. The molecule has 4 atom stereocenters.